The van der Waals surface area contributed by atoms with Crippen molar-refractivity contribution in [1.82, 2.24) is 9.97 Å². The number of carbonyl (C=O) groups is 1. The van der Waals surface area contributed by atoms with Crippen LogP contribution < -0.4 is 10.6 Å². The van der Waals surface area contributed by atoms with Crippen LogP contribution in [0.3, 0.4) is 0 Å². The van der Waals surface area contributed by atoms with Gasteiger partial charge in [0.05, 0.1) is 0 Å². The van der Waals surface area contributed by atoms with Gasteiger partial charge in [0.1, 0.15) is 5.82 Å². The first-order valence-electron chi connectivity index (χ1n) is 10.1. The lowest BCUT2D eigenvalue weighted by Crippen LogP contribution is -2.12. The zero-order chi connectivity index (χ0) is 21.8. The Morgan fingerprint density at radius 3 is 2.26 bits per heavy atom. The summed E-state index contributed by atoms with van der Waals surface area (Å²) in [6.07, 6.45) is 1.72. The molecule has 0 saturated carbocycles. The standard InChI is InChI=1S/C26H24N4O/c1-17-7-9-20(10-8-17)25-27-12-11-24(30-25)28-22-6-4-5-21(16-22)26(31)29-23-14-18(2)13-19(3)15-23/h4-16H,1-3H3,(H,29,31)(H,27,28,30). The van der Waals surface area contributed by atoms with E-state index in [1.165, 1.54) is 5.56 Å². The molecular formula is C26H24N4O. The highest BCUT2D eigenvalue weighted by atomic mass is 16.1. The van der Waals surface area contributed by atoms with E-state index in [4.69, 9.17) is 0 Å². The average Bonchev–Trinajstić information content (AvgIpc) is 2.74. The molecule has 5 heteroatoms. The average molecular weight is 409 g/mol. The summed E-state index contributed by atoms with van der Waals surface area (Å²) in [6, 6.07) is 23.2. The Balaban J connectivity index is 1.51. The van der Waals surface area contributed by atoms with Gasteiger partial charge in [0, 0.05) is 28.7 Å². The molecule has 3 aromatic carbocycles. The van der Waals surface area contributed by atoms with E-state index in [0.717, 1.165) is 28.1 Å². The number of nitrogens with zero attached hydrogens (tertiary/aromatic N) is 2. The first-order chi connectivity index (χ1) is 15.0. The van der Waals surface area contributed by atoms with Gasteiger partial charge in [0.25, 0.3) is 5.91 Å². The normalized spacial score (nSPS) is 10.5. The number of benzene rings is 3. The van der Waals surface area contributed by atoms with Crippen LogP contribution >= 0.6 is 0 Å². The molecule has 0 spiro atoms. The zero-order valence-electron chi connectivity index (χ0n) is 17.8. The lowest BCUT2D eigenvalue weighted by atomic mass is 10.1. The Hall–Kier alpha value is -3.99. The Labute approximate surface area is 182 Å². The molecule has 154 valence electrons. The second-order valence-corrected chi connectivity index (χ2v) is 7.67. The van der Waals surface area contributed by atoms with Crippen molar-refractivity contribution in [2.24, 2.45) is 0 Å². The minimum absolute atomic E-state index is 0.156. The maximum absolute atomic E-state index is 12.7. The zero-order valence-corrected chi connectivity index (χ0v) is 17.8. The molecule has 4 rings (SSSR count). The monoisotopic (exact) mass is 408 g/mol. The summed E-state index contributed by atoms with van der Waals surface area (Å²) in [4.78, 5) is 21.7. The van der Waals surface area contributed by atoms with Crippen LogP contribution in [-0.2, 0) is 0 Å². The van der Waals surface area contributed by atoms with E-state index in [0.29, 0.717) is 17.2 Å². The molecule has 0 unspecified atom stereocenters. The summed E-state index contributed by atoms with van der Waals surface area (Å²) >= 11 is 0. The minimum Gasteiger partial charge on any atom is -0.340 e. The molecule has 0 saturated heterocycles. The third kappa shape index (κ3) is 5.14. The number of hydrogen-bond donors (Lipinski definition) is 2. The molecular weight excluding hydrogens is 384 g/mol. The lowest BCUT2D eigenvalue weighted by Gasteiger charge is -2.10. The highest BCUT2D eigenvalue weighted by Crippen LogP contribution is 2.21. The quantitative estimate of drug-likeness (QED) is 0.421. The Bertz CT molecular complexity index is 1210. The molecule has 0 aliphatic heterocycles. The van der Waals surface area contributed by atoms with Crippen LogP contribution in [-0.4, -0.2) is 15.9 Å². The van der Waals surface area contributed by atoms with Gasteiger partial charge in [-0.15, -0.1) is 0 Å². The second kappa shape index (κ2) is 8.79. The molecule has 2 N–H and O–H groups in total. The highest BCUT2D eigenvalue weighted by molar-refractivity contribution is 6.05. The SMILES string of the molecule is Cc1ccc(-c2nccc(Nc3cccc(C(=O)Nc4cc(C)cc(C)c4)c3)n2)cc1. The summed E-state index contributed by atoms with van der Waals surface area (Å²) in [5.41, 5.74) is 6.50. The van der Waals surface area contributed by atoms with Crippen LogP contribution in [0.25, 0.3) is 11.4 Å². The number of hydrogen-bond acceptors (Lipinski definition) is 4. The van der Waals surface area contributed by atoms with E-state index in [-0.39, 0.29) is 5.91 Å². The van der Waals surface area contributed by atoms with E-state index >= 15 is 0 Å². The summed E-state index contributed by atoms with van der Waals surface area (Å²) < 4.78 is 0. The Morgan fingerprint density at radius 1 is 0.774 bits per heavy atom. The van der Waals surface area contributed by atoms with Gasteiger partial charge in [-0.2, -0.15) is 0 Å². The van der Waals surface area contributed by atoms with Gasteiger partial charge in [-0.3, -0.25) is 4.79 Å². The van der Waals surface area contributed by atoms with Gasteiger partial charge < -0.3 is 10.6 Å². The van der Waals surface area contributed by atoms with Crippen LogP contribution in [0.2, 0.25) is 0 Å². The number of aryl methyl sites for hydroxylation is 3. The van der Waals surface area contributed by atoms with Crippen LogP contribution in [0, 0.1) is 20.8 Å². The molecule has 1 amide bonds. The molecule has 1 aromatic heterocycles. The fourth-order valence-electron chi connectivity index (χ4n) is 3.41. The Morgan fingerprint density at radius 2 is 1.52 bits per heavy atom. The van der Waals surface area contributed by atoms with Gasteiger partial charge in [-0.1, -0.05) is 42.0 Å². The number of aromatic nitrogens is 2. The summed E-state index contributed by atoms with van der Waals surface area (Å²) in [7, 11) is 0. The maximum atomic E-state index is 12.7. The molecule has 0 aliphatic rings. The number of anilines is 3. The topological polar surface area (TPSA) is 66.9 Å². The van der Waals surface area contributed by atoms with Crippen molar-refractivity contribution in [3.05, 3.63) is 101 Å². The first-order valence-corrected chi connectivity index (χ1v) is 10.1. The van der Waals surface area contributed by atoms with E-state index in [9.17, 15) is 4.79 Å². The predicted octanol–water partition coefficient (Wildman–Crippen LogP) is 6.06. The largest absolute Gasteiger partial charge is 0.340 e. The van der Waals surface area contributed by atoms with Crippen molar-refractivity contribution < 1.29 is 4.79 Å². The fraction of sp³-hybridized carbons (Fsp3) is 0.115. The van der Waals surface area contributed by atoms with E-state index in [2.05, 4.69) is 26.7 Å². The molecule has 0 atom stereocenters. The van der Waals surface area contributed by atoms with Gasteiger partial charge >= 0.3 is 0 Å². The number of carbonyl (C=O) groups excluding carboxylic acids is 1. The third-order valence-corrected chi connectivity index (χ3v) is 4.84. The Kier molecular flexibility index (Phi) is 5.76. The molecule has 0 bridgehead atoms. The number of rotatable bonds is 5. The highest BCUT2D eigenvalue weighted by Gasteiger charge is 2.09. The lowest BCUT2D eigenvalue weighted by molar-refractivity contribution is 0.102. The van der Waals surface area contributed by atoms with Crippen molar-refractivity contribution in [2.45, 2.75) is 20.8 Å². The molecule has 0 aliphatic carbocycles. The van der Waals surface area contributed by atoms with Gasteiger partial charge in [0.2, 0.25) is 0 Å². The summed E-state index contributed by atoms with van der Waals surface area (Å²) in [5, 5.41) is 6.25. The molecule has 1 heterocycles. The van der Waals surface area contributed by atoms with Crippen molar-refractivity contribution in [2.75, 3.05) is 10.6 Å². The van der Waals surface area contributed by atoms with Gasteiger partial charge in [-0.25, -0.2) is 9.97 Å². The second-order valence-electron chi connectivity index (χ2n) is 7.67. The van der Waals surface area contributed by atoms with E-state index in [1.54, 1.807) is 18.3 Å². The van der Waals surface area contributed by atoms with E-state index < -0.39 is 0 Å². The first kappa shape index (κ1) is 20.3. The van der Waals surface area contributed by atoms with Crippen molar-refractivity contribution >= 4 is 23.1 Å². The van der Waals surface area contributed by atoms with Crippen molar-refractivity contribution in [3.8, 4) is 11.4 Å². The molecule has 0 radical (unpaired) electrons. The number of amides is 1. The van der Waals surface area contributed by atoms with Gasteiger partial charge in [0.15, 0.2) is 5.82 Å². The summed E-state index contributed by atoms with van der Waals surface area (Å²) in [5.74, 6) is 1.16. The van der Waals surface area contributed by atoms with Crippen LogP contribution in [0.5, 0.6) is 0 Å². The summed E-state index contributed by atoms with van der Waals surface area (Å²) in [6.45, 7) is 6.07. The molecule has 5 nitrogen and oxygen atoms in total. The van der Waals surface area contributed by atoms with Gasteiger partial charge in [-0.05, 0) is 68.3 Å². The van der Waals surface area contributed by atoms with Crippen molar-refractivity contribution in [3.63, 3.8) is 0 Å². The van der Waals surface area contributed by atoms with Crippen LogP contribution in [0.15, 0.2) is 79.0 Å². The van der Waals surface area contributed by atoms with Crippen LogP contribution in [0.4, 0.5) is 17.2 Å². The molecule has 31 heavy (non-hydrogen) atoms. The predicted molar refractivity (Wildman–Crippen MR) is 126 cm³/mol. The number of nitrogens with one attached hydrogen (secondary N) is 2. The van der Waals surface area contributed by atoms with Crippen LogP contribution in [0.1, 0.15) is 27.0 Å². The fourth-order valence-corrected chi connectivity index (χ4v) is 3.41. The smallest absolute Gasteiger partial charge is 0.255 e. The minimum atomic E-state index is -0.156. The van der Waals surface area contributed by atoms with Crippen molar-refractivity contribution in [1.29, 1.82) is 0 Å². The molecule has 4 aromatic rings. The third-order valence-electron chi connectivity index (χ3n) is 4.84. The molecule has 0 fully saturated rings. The van der Waals surface area contributed by atoms with E-state index in [1.807, 2.05) is 75.4 Å². The maximum Gasteiger partial charge on any atom is 0.255 e.